The van der Waals surface area contributed by atoms with Crippen LogP contribution >= 0.6 is 11.3 Å². The Bertz CT molecular complexity index is 2560. The first kappa shape index (κ1) is 30.3. The highest BCUT2D eigenvalue weighted by atomic mass is 32.1. The van der Waals surface area contributed by atoms with Crippen LogP contribution in [-0.4, -0.2) is 11.3 Å². The molecular weight excluding hydrogens is 613 g/mol. The second-order valence-corrected chi connectivity index (χ2v) is 15.7. The molecule has 0 saturated heterocycles. The van der Waals surface area contributed by atoms with Crippen molar-refractivity contribution in [2.24, 2.45) is 0 Å². The molecule has 4 heteroatoms. The Kier molecular flexibility index (Phi) is 7.04. The SMILES string of the molecule is CC(C)c1cc(C(C)C)c(B2c3ccccc3Oc3cc(-n4c5ccccc5c5c6sc7ccccc7c6ccc54)ccc32)c(C(C)C)c1. The van der Waals surface area contributed by atoms with Crippen molar-refractivity contribution < 1.29 is 4.74 Å². The van der Waals surface area contributed by atoms with Crippen LogP contribution in [0, 0.1) is 0 Å². The van der Waals surface area contributed by atoms with E-state index in [1.165, 1.54) is 75.1 Å². The Hall–Kier alpha value is -4.80. The molecule has 3 heterocycles. The van der Waals surface area contributed by atoms with Gasteiger partial charge >= 0.3 is 0 Å². The highest BCUT2D eigenvalue weighted by Crippen LogP contribution is 2.43. The zero-order valence-electron chi connectivity index (χ0n) is 29.0. The summed E-state index contributed by atoms with van der Waals surface area (Å²) in [5, 5.41) is 5.26. The molecule has 0 atom stereocenters. The number of thiophene rings is 1. The quantitative estimate of drug-likeness (QED) is 0.169. The monoisotopic (exact) mass is 653 g/mol. The van der Waals surface area contributed by atoms with Gasteiger partial charge in [0.05, 0.1) is 11.0 Å². The predicted molar refractivity (Wildman–Crippen MR) is 214 cm³/mol. The normalized spacial score (nSPS) is 13.0. The largest absolute Gasteiger partial charge is 0.458 e. The molecule has 6 aromatic carbocycles. The van der Waals surface area contributed by atoms with Gasteiger partial charge in [0.25, 0.3) is 6.71 Å². The van der Waals surface area contributed by atoms with E-state index in [2.05, 4.69) is 161 Å². The maximum absolute atomic E-state index is 6.85. The standard InChI is InChI=1S/C45H40BNOS/c1-26(2)29-23-34(27(3)4)44(35(24-29)28(5)6)46-36-15-9-11-17-40(36)48-41-25-30(19-21-37(41)46)47-38-16-10-7-14-33(38)43-39(47)22-20-32-31-13-8-12-18-42(31)49-45(32)43/h7-28H,1-6H3. The number of hydrogen-bond acceptors (Lipinski definition) is 2. The van der Waals surface area contributed by atoms with E-state index in [0.717, 1.165) is 17.2 Å². The number of ether oxygens (including phenoxy) is 1. The Morgan fingerprint density at radius 2 is 1.24 bits per heavy atom. The average molecular weight is 654 g/mol. The van der Waals surface area contributed by atoms with Crippen LogP contribution in [0.2, 0.25) is 0 Å². The van der Waals surface area contributed by atoms with E-state index in [9.17, 15) is 0 Å². The summed E-state index contributed by atoms with van der Waals surface area (Å²) >= 11 is 1.90. The zero-order valence-corrected chi connectivity index (χ0v) is 29.9. The van der Waals surface area contributed by atoms with Crippen LogP contribution in [0.5, 0.6) is 11.5 Å². The third-order valence-corrected chi connectivity index (χ3v) is 11.9. The molecular formula is C45H40BNOS. The number of rotatable bonds is 5. The third-order valence-electron chi connectivity index (χ3n) is 10.7. The maximum atomic E-state index is 6.85. The summed E-state index contributed by atoms with van der Waals surface area (Å²) < 4.78 is 12.0. The van der Waals surface area contributed by atoms with E-state index in [4.69, 9.17) is 4.74 Å². The maximum Gasteiger partial charge on any atom is 0.251 e. The zero-order chi connectivity index (χ0) is 33.6. The minimum absolute atomic E-state index is 0.0846. The van der Waals surface area contributed by atoms with Crippen LogP contribution in [-0.2, 0) is 0 Å². The van der Waals surface area contributed by atoms with Crippen molar-refractivity contribution in [3.63, 3.8) is 0 Å². The molecule has 0 aliphatic carbocycles. The number of aromatic nitrogens is 1. The van der Waals surface area contributed by atoms with Crippen molar-refractivity contribution in [1.82, 2.24) is 4.57 Å². The van der Waals surface area contributed by atoms with E-state index in [-0.39, 0.29) is 6.71 Å². The van der Waals surface area contributed by atoms with Gasteiger partial charge in [0.2, 0.25) is 0 Å². The fourth-order valence-corrected chi connectivity index (χ4v) is 9.52. The van der Waals surface area contributed by atoms with Gasteiger partial charge in [-0.2, -0.15) is 0 Å². The molecule has 2 nitrogen and oxygen atoms in total. The molecule has 0 amide bonds. The summed E-state index contributed by atoms with van der Waals surface area (Å²) in [5.74, 6) is 3.15. The van der Waals surface area contributed by atoms with Crippen molar-refractivity contribution in [1.29, 1.82) is 0 Å². The summed E-state index contributed by atoms with van der Waals surface area (Å²) in [7, 11) is 0. The smallest absolute Gasteiger partial charge is 0.251 e. The summed E-state index contributed by atoms with van der Waals surface area (Å²) in [5.41, 5.74) is 11.8. The lowest BCUT2D eigenvalue weighted by Gasteiger charge is -2.32. The highest BCUT2D eigenvalue weighted by molar-refractivity contribution is 7.26. The van der Waals surface area contributed by atoms with E-state index < -0.39 is 0 Å². The molecule has 1 aliphatic rings. The summed E-state index contributed by atoms with van der Waals surface area (Å²) in [4.78, 5) is 0. The lowest BCUT2D eigenvalue weighted by Crippen LogP contribution is -2.57. The lowest BCUT2D eigenvalue weighted by molar-refractivity contribution is 0.487. The molecule has 0 spiro atoms. The van der Waals surface area contributed by atoms with Crippen LogP contribution in [0.1, 0.15) is 76.0 Å². The van der Waals surface area contributed by atoms with Gasteiger partial charge in [0.15, 0.2) is 0 Å². The van der Waals surface area contributed by atoms with Crippen molar-refractivity contribution in [3.8, 4) is 17.2 Å². The van der Waals surface area contributed by atoms with Crippen molar-refractivity contribution >= 4 is 76.4 Å². The van der Waals surface area contributed by atoms with Crippen LogP contribution in [0.4, 0.5) is 0 Å². The van der Waals surface area contributed by atoms with Gasteiger partial charge in [-0.05, 0) is 75.7 Å². The van der Waals surface area contributed by atoms with Gasteiger partial charge in [-0.25, -0.2) is 0 Å². The molecule has 8 aromatic rings. The number of fused-ring (bicyclic) bond motifs is 9. The first-order valence-corrected chi connectivity index (χ1v) is 18.5. The van der Waals surface area contributed by atoms with Gasteiger partial charge in [-0.3, -0.25) is 0 Å². The van der Waals surface area contributed by atoms with Crippen molar-refractivity contribution in [2.45, 2.75) is 59.3 Å². The molecule has 0 unspecified atom stereocenters. The first-order valence-electron chi connectivity index (χ1n) is 17.7. The van der Waals surface area contributed by atoms with Crippen LogP contribution < -0.4 is 21.1 Å². The van der Waals surface area contributed by atoms with Gasteiger partial charge in [-0.15, -0.1) is 11.3 Å². The number of para-hydroxylation sites is 2. The molecule has 1 aliphatic heterocycles. The molecule has 49 heavy (non-hydrogen) atoms. The van der Waals surface area contributed by atoms with E-state index in [1.807, 2.05) is 11.3 Å². The average Bonchev–Trinajstić information content (AvgIpc) is 3.65. The number of hydrogen-bond donors (Lipinski definition) is 0. The minimum Gasteiger partial charge on any atom is -0.458 e. The molecule has 0 saturated carbocycles. The minimum atomic E-state index is 0.0846. The van der Waals surface area contributed by atoms with Crippen LogP contribution in [0.15, 0.2) is 115 Å². The number of benzene rings is 6. The van der Waals surface area contributed by atoms with E-state index in [1.54, 1.807) is 0 Å². The van der Waals surface area contributed by atoms with Gasteiger partial charge < -0.3 is 9.30 Å². The second-order valence-electron chi connectivity index (χ2n) is 14.7. The molecule has 0 radical (unpaired) electrons. The fraction of sp³-hybridized carbons (Fsp3) is 0.200. The summed E-state index contributed by atoms with van der Waals surface area (Å²) in [6.07, 6.45) is 0. The summed E-state index contributed by atoms with van der Waals surface area (Å²) in [6, 6.07) is 42.8. The van der Waals surface area contributed by atoms with Gasteiger partial charge in [-0.1, -0.05) is 126 Å². The molecule has 0 bridgehead atoms. The Labute approximate surface area is 293 Å². The van der Waals surface area contributed by atoms with Gasteiger partial charge in [0, 0.05) is 42.7 Å². The van der Waals surface area contributed by atoms with Crippen molar-refractivity contribution in [3.05, 3.63) is 132 Å². The van der Waals surface area contributed by atoms with Gasteiger partial charge in [0.1, 0.15) is 11.5 Å². The molecule has 0 fully saturated rings. The second kappa shape index (κ2) is 11.4. The number of nitrogens with zero attached hydrogens (tertiary/aromatic N) is 1. The van der Waals surface area contributed by atoms with E-state index >= 15 is 0 Å². The van der Waals surface area contributed by atoms with Crippen molar-refractivity contribution in [2.75, 3.05) is 0 Å². The van der Waals surface area contributed by atoms with Crippen LogP contribution in [0.3, 0.4) is 0 Å². The lowest BCUT2D eigenvalue weighted by atomic mass is 9.34. The molecule has 0 N–H and O–H groups in total. The Balaban J connectivity index is 1.30. The highest BCUT2D eigenvalue weighted by Gasteiger charge is 2.36. The van der Waals surface area contributed by atoms with Crippen LogP contribution in [0.25, 0.3) is 47.7 Å². The molecule has 240 valence electrons. The molecule has 9 rings (SSSR count). The molecule has 2 aromatic heterocycles. The summed E-state index contributed by atoms with van der Waals surface area (Å²) in [6.45, 7) is 14.1. The first-order chi connectivity index (χ1) is 23.8. The third kappa shape index (κ3) is 4.61. The Morgan fingerprint density at radius 1 is 0.571 bits per heavy atom. The fourth-order valence-electron chi connectivity index (χ4n) is 8.26. The predicted octanol–water partition coefficient (Wildman–Crippen LogP) is 11.1. The topological polar surface area (TPSA) is 14.2 Å². The Morgan fingerprint density at radius 3 is 2.00 bits per heavy atom. The van der Waals surface area contributed by atoms with E-state index in [0.29, 0.717) is 17.8 Å².